The summed E-state index contributed by atoms with van der Waals surface area (Å²) < 4.78 is 11.4. The van der Waals surface area contributed by atoms with Gasteiger partial charge in [0.05, 0.1) is 28.1 Å². The number of amides is 1. The number of hydrogen-bond donors (Lipinski definition) is 3. The molecule has 1 aliphatic heterocycles. The summed E-state index contributed by atoms with van der Waals surface area (Å²) in [6.07, 6.45) is 18.4. The predicted octanol–water partition coefficient (Wildman–Crippen LogP) is 11.2. The van der Waals surface area contributed by atoms with E-state index in [9.17, 15) is 19.2 Å². The summed E-state index contributed by atoms with van der Waals surface area (Å²) in [5.74, 6) is -1.19. The number of ether oxygens (including phenoxy) is 2. The second-order valence-electron chi connectivity index (χ2n) is 14.8. The van der Waals surface area contributed by atoms with E-state index in [1.54, 1.807) is 36.4 Å². The van der Waals surface area contributed by atoms with Gasteiger partial charge >= 0.3 is 17.9 Å². The van der Waals surface area contributed by atoms with Gasteiger partial charge in [-0.2, -0.15) is 0 Å². The lowest BCUT2D eigenvalue weighted by Crippen LogP contribution is -2.48. The SMILES string of the molecule is CCCCCCCCCCC[C@@H](C[C@@H]1OC(=O)[C@H]1CCCCCC)OC(=O)[C@H](CC(C)C)NC=O.O=C(O)Cc1ccccc1Nc1c(Cl)cccc1Cl. The van der Waals surface area contributed by atoms with Crippen molar-refractivity contribution in [2.75, 3.05) is 5.32 Å². The molecule has 11 heteroatoms. The van der Waals surface area contributed by atoms with E-state index >= 15 is 0 Å². The summed E-state index contributed by atoms with van der Waals surface area (Å²) in [5.41, 5.74) is 1.93. The highest BCUT2D eigenvalue weighted by molar-refractivity contribution is 6.39. The Kier molecular flexibility index (Phi) is 23.7. The molecule has 0 spiro atoms. The van der Waals surface area contributed by atoms with Gasteiger partial charge in [-0.3, -0.25) is 14.4 Å². The highest BCUT2D eigenvalue weighted by atomic mass is 35.5. The number of halogens is 2. The van der Waals surface area contributed by atoms with E-state index in [4.69, 9.17) is 37.8 Å². The minimum atomic E-state index is -0.889. The molecule has 0 bridgehead atoms. The van der Waals surface area contributed by atoms with Gasteiger partial charge in [-0.05, 0) is 55.4 Å². The molecule has 2 aromatic carbocycles. The summed E-state index contributed by atoms with van der Waals surface area (Å²) in [6, 6.07) is 11.7. The number of para-hydroxylation sites is 2. The first kappa shape index (κ1) is 46.9. The van der Waals surface area contributed by atoms with Gasteiger partial charge in [0, 0.05) is 12.1 Å². The van der Waals surface area contributed by atoms with E-state index < -0.39 is 12.0 Å². The lowest BCUT2D eigenvalue weighted by molar-refractivity contribution is -0.190. The van der Waals surface area contributed by atoms with Gasteiger partial charge in [0.2, 0.25) is 6.41 Å². The zero-order valence-electron chi connectivity index (χ0n) is 32.9. The van der Waals surface area contributed by atoms with Crippen LogP contribution in [0.2, 0.25) is 10.0 Å². The Morgan fingerprint density at radius 3 is 2.04 bits per heavy atom. The Morgan fingerprint density at radius 2 is 1.46 bits per heavy atom. The van der Waals surface area contributed by atoms with Crippen molar-refractivity contribution < 1.29 is 33.8 Å². The van der Waals surface area contributed by atoms with Gasteiger partial charge in [-0.15, -0.1) is 0 Å². The highest BCUT2D eigenvalue weighted by Gasteiger charge is 2.43. The summed E-state index contributed by atoms with van der Waals surface area (Å²) in [5, 5.41) is 15.6. The summed E-state index contributed by atoms with van der Waals surface area (Å²) in [7, 11) is 0. The molecule has 1 amide bonds. The Labute approximate surface area is 333 Å². The van der Waals surface area contributed by atoms with Gasteiger partial charge in [0.1, 0.15) is 18.2 Å². The molecular formula is C43H64Cl2N2O7. The monoisotopic (exact) mass is 790 g/mol. The smallest absolute Gasteiger partial charge is 0.328 e. The third-order valence-corrected chi connectivity index (χ3v) is 10.3. The summed E-state index contributed by atoms with van der Waals surface area (Å²) in [4.78, 5) is 46.8. The van der Waals surface area contributed by atoms with Crippen LogP contribution >= 0.6 is 23.2 Å². The van der Waals surface area contributed by atoms with Crippen molar-refractivity contribution in [3.8, 4) is 0 Å². The van der Waals surface area contributed by atoms with E-state index in [0.717, 1.165) is 38.5 Å². The number of benzene rings is 2. The van der Waals surface area contributed by atoms with Gasteiger partial charge in [0.25, 0.3) is 0 Å². The van der Waals surface area contributed by atoms with Crippen molar-refractivity contribution in [1.29, 1.82) is 0 Å². The third kappa shape index (κ3) is 18.4. The van der Waals surface area contributed by atoms with Crippen LogP contribution < -0.4 is 10.6 Å². The molecule has 3 rings (SSSR count). The van der Waals surface area contributed by atoms with E-state index in [-0.39, 0.29) is 42.4 Å². The zero-order valence-corrected chi connectivity index (χ0v) is 34.4. The van der Waals surface area contributed by atoms with Crippen molar-refractivity contribution in [1.82, 2.24) is 5.32 Å². The summed E-state index contributed by atoms with van der Waals surface area (Å²) in [6.45, 7) is 8.45. The largest absolute Gasteiger partial charge is 0.481 e. The molecule has 1 saturated heterocycles. The first-order chi connectivity index (χ1) is 26.0. The Bertz CT molecular complexity index is 1390. The van der Waals surface area contributed by atoms with E-state index in [2.05, 4.69) is 24.5 Å². The maximum atomic E-state index is 12.9. The quantitative estimate of drug-likeness (QED) is 0.0463. The van der Waals surface area contributed by atoms with Crippen LogP contribution in [-0.4, -0.2) is 47.7 Å². The van der Waals surface area contributed by atoms with Crippen LogP contribution in [0.1, 0.15) is 142 Å². The van der Waals surface area contributed by atoms with Crippen molar-refractivity contribution in [3.63, 3.8) is 0 Å². The second kappa shape index (κ2) is 27.3. The Balaban J connectivity index is 0.000000442. The first-order valence-corrected chi connectivity index (χ1v) is 20.9. The lowest BCUT2D eigenvalue weighted by atomic mass is 9.86. The van der Waals surface area contributed by atoms with Crippen molar-refractivity contribution in [3.05, 3.63) is 58.1 Å². The number of carboxylic acid groups (broad SMARTS) is 1. The lowest BCUT2D eigenvalue weighted by Gasteiger charge is -2.37. The van der Waals surface area contributed by atoms with E-state index in [0.29, 0.717) is 46.2 Å². The van der Waals surface area contributed by atoms with Crippen LogP contribution in [0.15, 0.2) is 42.5 Å². The van der Waals surface area contributed by atoms with Crippen molar-refractivity contribution >= 4 is 58.9 Å². The number of carbonyl (C=O) groups excluding carboxylic acids is 3. The van der Waals surface area contributed by atoms with Crippen molar-refractivity contribution in [2.24, 2.45) is 11.8 Å². The fraction of sp³-hybridized carbons (Fsp3) is 0.628. The molecule has 0 radical (unpaired) electrons. The Morgan fingerprint density at radius 1 is 0.870 bits per heavy atom. The number of carbonyl (C=O) groups is 4. The molecule has 1 fully saturated rings. The zero-order chi connectivity index (χ0) is 39.7. The number of anilines is 2. The molecule has 1 heterocycles. The molecule has 2 aromatic rings. The molecule has 4 atom stereocenters. The number of cyclic esters (lactones) is 1. The second-order valence-corrected chi connectivity index (χ2v) is 15.6. The van der Waals surface area contributed by atoms with Crippen LogP contribution in [0.3, 0.4) is 0 Å². The molecular weight excluding hydrogens is 727 g/mol. The number of rotatable bonds is 27. The van der Waals surface area contributed by atoms with Crippen LogP contribution in [0.4, 0.5) is 11.4 Å². The molecule has 0 aliphatic carbocycles. The molecule has 302 valence electrons. The molecule has 3 N–H and O–H groups in total. The number of unbranched alkanes of at least 4 members (excludes halogenated alkanes) is 11. The Hall–Kier alpha value is -3.30. The normalized spacial score (nSPS) is 15.9. The molecule has 0 unspecified atom stereocenters. The van der Waals surface area contributed by atoms with Gasteiger partial charge in [0.15, 0.2) is 0 Å². The summed E-state index contributed by atoms with van der Waals surface area (Å²) >= 11 is 12.1. The molecule has 0 aromatic heterocycles. The van der Waals surface area contributed by atoms with Gasteiger partial charge < -0.3 is 25.2 Å². The maximum absolute atomic E-state index is 12.9. The fourth-order valence-electron chi connectivity index (χ4n) is 6.62. The molecule has 54 heavy (non-hydrogen) atoms. The number of hydrogen-bond acceptors (Lipinski definition) is 7. The van der Waals surface area contributed by atoms with Gasteiger partial charge in [-0.1, -0.05) is 152 Å². The first-order valence-electron chi connectivity index (χ1n) is 20.1. The molecule has 1 aliphatic rings. The van der Waals surface area contributed by atoms with Crippen LogP contribution in [0.25, 0.3) is 0 Å². The van der Waals surface area contributed by atoms with E-state index in [1.165, 1.54) is 57.8 Å². The number of nitrogens with one attached hydrogen (secondary N) is 2. The molecule has 0 saturated carbocycles. The topological polar surface area (TPSA) is 131 Å². The van der Waals surface area contributed by atoms with Crippen LogP contribution in [-0.2, 0) is 35.1 Å². The van der Waals surface area contributed by atoms with E-state index in [1.807, 2.05) is 19.9 Å². The average Bonchev–Trinajstić information content (AvgIpc) is 3.12. The number of esters is 2. The minimum Gasteiger partial charge on any atom is -0.481 e. The minimum absolute atomic E-state index is 0.0642. The number of carboxylic acids is 1. The van der Waals surface area contributed by atoms with Crippen molar-refractivity contribution in [2.45, 2.75) is 162 Å². The van der Waals surface area contributed by atoms with Crippen LogP contribution in [0, 0.1) is 11.8 Å². The fourth-order valence-corrected chi connectivity index (χ4v) is 7.11. The third-order valence-electron chi connectivity index (χ3n) is 9.64. The standard InChI is InChI=1S/C29H53NO5.C14H11Cl2NO2/c1-5-7-9-11-12-13-14-15-16-18-24(34-29(33)26(30-22-31)20-23(3)4)21-27-25(28(32)35-27)19-17-10-8-6-2;15-10-5-3-6-11(16)14(10)17-12-7-2-1-4-9(12)8-13(18)19/h22-27H,5-21H2,1-4H3,(H,30,31);1-7,17H,8H2,(H,18,19)/t24-,25-,26-,27-;/m0./s1. The van der Waals surface area contributed by atoms with Crippen LogP contribution in [0.5, 0.6) is 0 Å². The highest BCUT2D eigenvalue weighted by Crippen LogP contribution is 2.34. The van der Waals surface area contributed by atoms with Gasteiger partial charge in [-0.25, -0.2) is 4.79 Å². The molecule has 9 nitrogen and oxygen atoms in total. The maximum Gasteiger partial charge on any atom is 0.328 e. The predicted molar refractivity (Wildman–Crippen MR) is 218 cm³/mol. The number of aliphatic carboxylic acids is 1. The average molecular weight is 792 g/mol.